The van der Waals surface area contributed by atoms with E-state index < -0.39 is 17.8 Å². The maximum absolute atomic E-state index is 11.5. The number of hydrogen-bond donors (Lipinski definition) is 3. The van der Waals surface area contributed by atoms with Crippen LogP contribution in [0.15, 0.2) is 18.2 Å². The molecule has 0 radical (unpaired) electrons. The number of anilines is 1. The number of carbonyl (C=O) groups is 2. The van der Waals surface area contributed by atoms with Gasteiger partial charge in [0.25, 0.3) is 5.91 Å². The average Bonchev–Trinajstić information content (AvgIpc) is 2.75. The fourth-order valence-electron chi connectivity index (χ4n) is 2.42. The van der Waals surface area contributed by atoms with Crippen LogP contribution in [0.25, 0.3) is 0 Å². The molecule has 1 aromatic rings. The van der Waals surface area contributed by atoms with E-state index in [1.54, 1.807) is 25.1 Å². The van der Waals surface area contributed by atoms with Crippen molar-refractivity contribution in [2.45, 2.75) is 26.3 Å². The molecule has 1 aliphatic carbocycles. The molecule has 0 aliphatic heterocycles. The number of aromatic nitrogens is 1. The van der Waals surface area contributed by atoms with Crippen LogP contribution in [0.1, 0.15) is 28.0 Å². The minimum absolute atomic E-state index is 0.164. The van der Waals surface area contributed by atoms with E-state index in [0.29, 0.717) is 17.8 Å². The highest BCUT2D eigenvalue weighted by Crippen LogP contribution is 2.24. The number of primary amides is 1. The van der Waals surface area contributed by atoms with E-state index in [-0.39, 0.29) is 6.04 Å². The van der Waals surface area contributed by atoms with Gasteiger partial charge in [0.1, 0.15) is 5.82 Å². The van der Waals surface area contributed by atoms with E-state index in [2.05, 4.69) is 10.3 Å². The fraction of sp³-hybridized carbons (Fsp3) is 0.357. The lowest BCUT2D eigenvalue weighted by Crippen LogP contribution is -2.23. The zero-order valence-electron chi connectivity index (χ0n) is 11.4. The maximum atomic E-state index is 11.5. The first kappa shape index (κ1) is 14.0. The van der Waals surface area contributed by atoms with Gasteiger partial charge < -0.3 is 16.2 Å². The Labute approximate surface area is 116 Å². The molecule has 2 atom stereocenters. The van der Waals surface area contributed by atoms with Crippen LogP contribution in [0, 0.1) is 19.8 Å². The third-order valence-electron chi connectivity index (χ3n) is 3.31. The Balaban J connectivity index is 2.24. The molecule has 6 heteroatoms. The average molecular weight is 275 g/mol. The van der Waals surface area contributed by atoms with Crippen LogP contribution in [0.5, 0.6) is 0 Å². The number of nitrogens with zero attached hydrogens (tertiary/aromatic N) is 1. The van der Waals surface area contributed by atoms with Crippen molar-refractivity contribution < 1.29 is 14.7 Å². The van der Waals surface area contributed by atoms with Crippen molar-refractivity contribution in [2.75, 3.05) is 5.32 Å². The Kier molecular flexibility index (Phi) is 3.74. The van der Waals surface area contributed by atoms with Gasteiger partial charge in [-0.1, -0.05) is 12.2 Å². The molecule has 0 spiro atoms. The van der Waals surface area contributed by atoms with Crippen LogP contribution < -0.4 is 11.1 Å². The smallest absolute Gasteiger partial charge is 0.310 e. The van der Waals surface area contributed by atoms with Crippen molar-refractivity contribution in [2.24, 2.45) is 11.7 Å². The number of pyridine rings is 1. The molecule has 1 aromatic heterocycles. The molecule has 6 nitrogen and oxygen atoms in total. The van der Waals surface area contributed by atoms with Crippen LogP contribution in [0.4, 0.5) is 5.82 Å². The zero-order chi connectivity index (χ0) is 14.9. The normalized spacial score (nSPS) is 20.9. The summed E-state index contributed by atoms with van der Waals surface area (Å²) in [5.74, 6) is -1.49. The number of nitrogens with two attached hydrogens (primary N) is 1. The highest BCUT2D eigenvalue weighted by Gasteiger charge is 2.25. The highest BCUT2D eigenvalue weighted by atomic mass is 16.4. The molecule has 0 saturated carbocycles. The minimum atomic E-state index is -0.853. The molecular formula is C14H17N3O3. The first-order valence-electron chi connectivity index (χ1n) is 6.34. The second-order valence-corrected chi connectivity index (χ2v) is 4.98. The topological polar surface area (TPSA) is 105 Å². The van der Waals surface area contributed by atoms with Gasteiger partial charge in [0.15, 0.2) is 0 Å². The number of amides is 1. The number of carboxylic acids is 1. The SMILES string of the molecule is Cc1cc(C)c(C(N)=O)c(NC2C=CC(C(=O)O)C2)n1. The van der Waals surface area contributed by atoms with Gasteiger partial charge in [-0.05, 0) is 31.9 Å². The van der Waals surface area contributed by atoms with Crippen molar-refractivity contribution in [1.82, 2.24) is 4.98 Å². The molecular weight excluding hydrogens is 258 g/mol. The second-order valence-electron chi connectivity index (χ2n) is 4.98. The predicted molar refractivity (Wildman–Crippen MR) is 74.5 cm³/mol. The number of aryl methyl sites for hydroxylation is 2. The summed E-state index contributed by atoms with van der Waals surface area (Å²) in [5.41, 5.74) is 7.26. The number of nitrogens with one attached hydrogen (secondary N) is 1. The van der Waals surface area contributed by atoms with Gasteiger partial charge in [0, 0.05) is 11.7 Å². The monoisotopic (exact) mass is 275 g/mol. The molecule has 0 aromatic carbocycles. The van der Waals surface area contributed by atoms with Gasteiger partial charge in [-0.25, -0.2) is 4.98 Å². The van der Waals surface area contributed by atoms with E-state index in [9.17, 15) is 9.59 Å². The summed E-state index contributed by atoms with van der Waals surface area (Å²) < 4.78 is 0. The van der Waals surface area contributed by atoms with Crippen LogP contribution >= 0.6 is 0 Å². The Morgan fingerprint density at radius 3 is 2.65 bits per heavy atom. The van der Waals surface area contributed by atoms with Crippen LogP contribution in [0.2, 0.25) is 0 Å². The molecule has 2 unspecified atom stereocenters. The number of hydrogen-bond acceptors (Lipinski definition) is 4. The Morgan fingerprint density at radius 1 is 1.40 bits per heavy atom. The van der Waals surface area contributed by atoms with Gasteiger partial charge in [0.05, 0.1) is 11.5 Å². The summed E-state index contributed by atoms with van der Waals surface area (Å²) in [6, 6.07) is 1.62. The summed E-state index contributed by atoms with van der Waals surface area (Å²) in [4.78, 5) is 26.7. The van der Waals surface area contributed by atoms with Crippen molar-refractivity contribution in [3.63, 3.8) is 0 Å². The summed E-state index contributed by atoms with van der Waals surface area (Å²) in [6.45, 7) is 3.62. The van der Waals surface area contributed by atoms with Gasteiger partial charge in [-0.2, -0.15) is 0 Å². The third kappa shape index (κ3) is 2.79. The first-order valence-corrected chi connectivity index (χ1v) is 6.34. The fourth-order valence-corrected chi connectivity index (χ4v) is 2.42. The van der Waals surface area contributed by atoms with Gasteiger partial charge in [-0.3, -0.25) is 9.59 Å². The van der Waals surface area contributed by atoms with Crippen molar-refractivity contribution >= 4 is 17.7 Å². The van der Waals surface area contributed by atoms with Crippen LogP contribution in [0.3, 0.4) is 0 Å². The van der Waals surface area contributed by atoms with Gasteiger partial charge >= 0.3 is 5.97 Å². The zero-order valence-corrected chi connectivity index (χ0v) is 11.4. The number of carboxylic acid groups (broad SMARTS) is 1. The molecule has 106 valence electrons. The number of aliphatic carboxylic acids is 1. The van der Waals surface area contributed by atoms with Crippen molar-refractivity contribution in [3.05, 3.63) is 35.0 Å². The lowest BCUT2D eigenvalue weighted by Gasteiger charge is -2.17. The molecule has 2 rings (SSSR count). The molecule has 20 heavy (non-hydrogen) atoms. The molecule has 1 heterocycles. The van der Waals surface area contributed by atoms with E-state index in [0.717, 1.165) is 11.3 Å². The van der Waals surface area contributed by atoms with Crippen LogP contribution in [-0.2, 0) is 4.79 Å². The Morgan fingerprint density at radius 2 is 2.10 bits per heavy atom. The summed E-state index contributed by atoms with van der Waals surface area (Å²) >= 11 is 0. The van der Waals surface area contributed by atoms with E-state index in [1.807, 2.05) is 6.92 Å². The van der Waals surface area contributed by atoms with E-state index in [4.69, 9.17) is 10.8 Å². The van der Waals surface area contributed by atoms with E-state index >= 15 is 0 Å². The summed E-state index contributed by atoms with van der Waals surface area (Å²) in [7, 11) is 0. The maximum Gasteiger partial charge on any atom is 0.310 e. The Hall–Kier alpha value is -2.37. The Bertz CT molecular complexity index is 596. The largest absolute Gasteiger partial charge is 0.481 e. The lowest BCUT2D eigenvalue weighted by molar-refractivity contribution is -0.140. The molecule has 0 saturated heterocycles. The predicted octanol–water partition coefficient (Wildman–Crippen LogP) is 1.24. The molecule has 0 bridgehead atoms. The van der Waals surface area contributed by atoms with Gasteiger partial charge in [-0.15, -0.1) is 0 Å². The van der Waals surface area contributed by atoms with Crippen molar-refractivity contribution in [3.8, 4) is 0 Å². The number of carbonyl (C=O) groups excluding carboxylic acids is 1. The highest BCUT2D eigenvalue weighted by molar-refractivity contribution is 5.99. The lowest BCUT2D eigenvalue weighted by atomic mass is 10.1. The first-order chi connectivity index (χ1) is 9.38. The quantitative estimate of drug-likeness (QED) is 0.717. The minimum Gasteiger partial charge on any atom is -0.481 e. The summed E-state index contributed by atoms with van der Waals surface area (Å²) in [5, 5.41) is 12.1. The summed E-state index contributed by atoms with van der Waals surface area (Å²) in [6.07, 6.45) is 3.86. The van der Waals surface area contributed by atoms with E-state index in [1.165, 1.54) is 0 Å². The molecule has 4 N–H and O–H groups in total. The third-order valence-corrected chi connectivity index (χ3v) is 3.31. The van der Waals surface area contributed by atoms with Crippen LogP contribution in [-0.4, -0.2) is 28.0 Å². The number of rotatable bonds is 4. The van der Waals surface area contributed by atoms with Gasteiger partial charge in [0.2, 0.25) is 0 Å². The van der Waals surface area contributed by atoms with Crippen molar-refractivity contribution in [1.29, 1.82) is 0 Å². The molecule has 1 aliphatic rings. The standard InChI is InChI=1S/C14H17N3O3/c1-7-5-8(2)16-13(11(7)12(15)18)17-10-4-3-9(6-10)14(19)20/h3-5,9-10H,6H2,1-2H3,(H2,15,18)(H,16,17)(H,19,20). The molecule has 1 amide bonds. The second kappa shape index (κ2) is 5.32. The molecule has 0 fully saturated rings.